The molecule has 0 saturated heterocycles. The number of ether oxygens (including phenoxy) is 11. The van der Waals surface area contributed by atoms with Gasteiger partial charge in [-0.3, -0.25) is 19.2 Å². The Bertz CT molecular complexity index is 3530. The van der Waals surface area contributed by atoms with E-state index in [0.717, 1.165) is 80.9 Å². The summed E-state index contributed by atoms with van der Waals surface area (Å²) in [7, 11) is 0. The summed E-state index contributed by atoms with van der Waals surface area (Å²) in [6.45, 7) is 12.9. The topological polar surface area (TPSA) is 247 Å². The van der Waals surface area contributed by atoms with Gasteiger partial charge in [0.1, 0.15) is 47.7 Å². The fourth-order valence-corrected chi connectivity index (χ4v) is 11.0. The number of esters is 7. The van der Waals surface area contributed by atoms with Gasteiger partial charge in [-0.1, -0.05) is 56.1 Å². The zero-order valence-corrected chi connectivity index (χ0v) is 53.8. The van der Waals surface area contributed by atoms with Crippen LogP contribution in [0.1, 0.15) is 108 Å². The van der Waals surface area contributed by atoms with E-state index in [9.17, 15) is 33.6 Å². The first-order valence-electron chi connectivity index (χ1n) is 32.7. The maximum atomic E-state index is 13.8. The van der Waals surface area contributed by atoms with E-state index in [1.165, 1.54) is 0 Å². The summed E-state index contributed by atoms with van der Waals surface area (Å²) in [6, 6.07) is 34.1. The molecule has 0 bridgehead atoms. The van der Waals surface area contributed by atoms with Gasteiger partial charge < -0.3 is 52.1 Å². The highest BCUT2D eigenvalue weighted by molar-refractivity contribution is 5.88. The lowest BCUT2D eigenvalue weighted by atomic mass is 9.82. The number of carbonyl (C=O) groups excluding carboxylic acids is 7. The van der Waals surface area contributed by atoms with E-state index in [4.69, 9.17) is 62.1 Å². The molecule has 0 spiro atoms. The Morgan fingerprint density at radius 3 is 1.25 bits per heavy atom. The lowest BCUT2D eigenvalue weighted by Crippen LogP contribution is -2.30. The van der Waals surface area contributed by atoms with E-state index in [-0.39, 0.29) is 56.8 Å². The highest BCUT2D eigenvalue weighted by Crippen LogP contribution is 2.38. The molecule has 6 aromatic rings. The highest BCUT2D eigenvalue weighted by atomic mass is 16.6. The van der Waals surface area contributed by atoms with Crippen LogP contribution in [0, 0.1) is 23.7 Å². The first kappa shape index (κ1) is 71.2. The number of benzene rings is 5. The van der Waals surface area contributed by atoms with E-state index in [1.807, 2.05) is 36.4 Å². The Morgan fingerprint density at radius 2 is 0.758 bits per heavy atom. The van der Waals surface area contributed by atoms with Crippen molar-refractivity contribution in [1.29, 1.82) is 0 Å². The quantitative estimate of drug-likeness (QED) is 0.0115. The molecule has 1 aromatic heterocycles. The van der Waals surface area contributed by atoms with Crippen molar-refractivity contribution in [2.75, 3.05) is 59.5 Å². The van der Waals surface area contributed by atoms with Gasteiger partial charge in [-0.25, -0.2) is 24.4 Å². The molecule has 2 aliphatic carbocycles. The van der Waals surface area contributed by atoms with Crippen LogP contribution in [0.4, 0.5) is 0 Å². The zero-order valence-electron chi connectivity index (χ0n) is 53.8. The molecule has 0 amide bonds. The number of rotatable bonds is 38. The van der Waals surface area contributed by atoms with Crippen molar-refractivity contribution in [2.24, 2.45) is 23.7 Å². The summed E-state index contributed by atoms with van der Waals surface area (Å²) in [5.41, 5.74) is 4.15. The van der Waals surface area contributed by atoms with Crippen molar-refractivity contribution in [2.45, 2.75) is 109 Å². The minimum atomic E-state index is -0.533. The Morgan fingerprint density at radius 1 is 0.358 bits per heavy atom. The second-order valence-electron chi connectivity index (χ2n) is 23.1. The Balaban J connectivity index is 0.833. The number of hydrogen-bond donors (Lipinski definition) is 0. The van der Waals surface area contributed by atoms with Crippen molar-refractivity contribution in [3.05, 3.63) is 159 Å². The summed E-state index contributed by atoms with van der Waals surface area (Å²) in [5, 5.41) is 0. The average molecular weight is 1300 g/mol. The Labute approximate surface area is 554 Å². The van der Waals surface area contributed by atoms with E-state index in [1.54, 1.807) is 78.9 Å². The number of aromatic nitrogens is 2. The summed E-state index contributed by atoms with van der Waals surface area (Å²) >= 11 is 0. The van der Waals surface area contributed by atoms with Gasteiger partial charge in [0.2, 0.25) is 0 Å². The molecule has 20 heteroatoms. The van der Waals surface area contributed by atoms with Crippen molar-refractivity contribution in [3.63, 3.8) is 0 Å². The minimum absolute atomic E-state index is 0.0779. The molecule has 0 N–H and O–H groups in total. The van der Waals surface area contributed by atoms with Gasteiger partial charge in [-0.2, -0.15) is 0 Å². The molecule has 0 aliphatic heterocycles. The van der Waals surface area contributed by atoms with Crippen molar-refractivity contribution in [3.8, 4) is 57.0 Å². The predicted molar refractivity (Wildman–Crippen MR) is 353 cm³/mol. The Kier molecular flexibility index (Phi) is 28.8. The largest absolute Gasteiger partial charge is 0.494 e. The molecule has 2 aliphatic rings. The van der Waals surface area contributed by atoms with Gasteiger partial charge in [-0.05, 0) is 181 Å². The first-order chi connectivity index (χ1) is 46.3. The van der Waals surface area contributed by atoms with Crippen LogP contribution < -0.4 is 28.4 Å². The van der Waals surface area contributed by atoms with E-state index >= 15 is 0 Å². The number of unbranched alkanes of at least 4 members (excludes halogenated alkanes) is 6. The third-order valence-corrected chi connectivity index (χ3v) is 16.2. The molecule has 2 saturated carbocycles. The average Bonchev–Trinajstić information content (AvgIpc) is 0.785. The molecule has 0 atom stereocenters. The van der Waals surface area contributed by atoms with Crippen LogP contribution in [0.5, 0.6) is 34.5 Å². The van der Waals surface area contributed by atoms with Crippen molar-refractivity contribution in [1.82, 2.24) is 9.97 Å². The van der Waals surface area contributed by atoms with Crippen LogP contribution in [-0.2, 0) is 63.7 Å². The number of fused-ring (bicyclic) bond motifs is 1. The molecule has 95 heavy (non-hydrogen) atoms. The molecule has 1 heterocycles. The summed E-state index contributed by atoms with van der Waals surface area (Å²) < 4.78 is 61.8. The minimum Gasteiger partial charge on any atom is -0.494 e. The maximum Gasteiger partial charge on any atom is 0.330 e. The van der Waals surface area contributed by atoms with E-state index in [2.05, 4.69) is 19.7 Å². The lowest BCUT2D eigenvalue weighted by Gasteiger charge is -2.26. The number of hydrogen-bond acceptors (Lipinski definition) is 20. The molecule has 0 unspecified atom stereocenters. The van der Waals surface area contributed by atoms with Crippen LogP contribution in [0.3, 0.4) is 0 Å². The van der Waals surface area contributed by atoms with Crippen molar-refractivity contribution >= 4 is 52.8 Å². The van der Waals surface area contributed by atoms with Crippen LogP contribution in [0.15, 0.2) is 153 Å². The zero-order chi connectivity index (χ0) is 67.0. The van der Waals surface area contributed by atoms with Crippen LogP contribution in [0.2, 0.25) is 0 Å². The van der Waals surface area contributed by atoms with Crippen molar-refractivity contribution < 1.29 is 85.7 Å². The monoisotopic (exact) mass is 1300 g/mol. The van der Waals surface area contributed by atoms with Gasteiger partial charge >= 0.3 is 41.8 Å². The van der Waals surface area contributed by atoms with Gasteiger partial charge in [0, 0.05) is 41.8 Å². The Hall–Kier alpha value is -9.69. The fourth-order valence-electron chi connectivity index (χ4n) is 11.0. The molecule has 5 aromatic carbocycles. The molecule has 502 valence electrons. The van der Waals surface area contributed by atoms with Gasteiger partial charge in [0.25, 0.3) is 0 Å². The molecule has 2 fully saturated rings. The van der Waals surface area contributed by atoms with Crippen LogP contribution in [0.25, 0.3) is 33.5 Å². The second kappa shape index (κ2) is 38.5. The maximum absolute atomic E-state index is 13.8. The number of nitrogens with zero attached hydrogens (tertiary/aromatic N) is 2. The third kappa shape index (κ3) is 23.7. The van der Waals surface area contributed by atoms with Gasteiger partial charge in [0.15, 0.2) is 0 Å². The second-order valence-corrected chi connectivity index (χ2v) is 23.1. The smallest absolute Gasteiger partial charge is 0.330 e. The fraction of sp³-hybridized carbons (Fsp3) is 0.400. The molecule has 0 radical (unpaired) electrons. The van der Waals surface area contributed by atoms with Crippen LogP contribution in [-0.4, -0.2) is 111 Å². The SMILES string of the molecule is C=CC(=O)OCCCCCCOc1ccc(CCOC(=O)C2CCC(C(=O)Oc3cccc(-c4nc5cc(OCCOCCOC(=O)C=C)ccc5nc4-c4cccc(OC(=O)C5CCC(C(=O)Oc6ccc(OCCCCCCOC(=O)C=C)cc6)CC5)c4)c3)CC2)cc1. The molecular weight excluding hydrogens is 1220 g/mol. The van der Waals surface area contributed by atoms with Gasteiger partial charge in [0.05, 0.1) is 92.3 Å². The number of carbonyl (C=O) groups is 7. The molecular formula is C75H84N2O18. The van der Waals surface area contributed by atoms with E-state index < -0.39 is 41.7 Å². The summed E-state index contributed by atoms with van der Waals surface area (Å²) in [5.74, 6) is -1.46. The first-order valence-corrected chi connectivity index (χ1v) is 32.7. The van der Waals surface area contributed by atoms with Crippen LogP contribution >= 0.6 is 0 Å². The highest BCUT2D eigenvalue weighted by Gasteiger charge is 2.34. The van der Waals surface area contributed by atoms with Gasteiger partial charge in [-0.15, -0.1) is 0 Å². The predicted octanol–water partition coefficient (Wildman–Crippen LogP) is 13.2. The molecule has 20 nitrogen and oxygen atoms in total. The standard InChI is InChI=1S/C75H84N2O18/c1-4-67(78)89-42-13-9-7-11-40-86-59-31-21-52(22-32-59)39-44-92-72(81)53-23-25-55(26-24-53)74(83)95-64-20-16-18-58(50-64)71-70(76-65-38-37-62(51-66(65)77-71)88-47-45-85-46-48-91-69(80)6-3)57-17-15-19-63(49-57)94-75(84)56-29-27-54(28-30-56)73(82)93-61-35-33-60(34-36-61)87-41-12-8-10-14-43-90-68(79)5-2/h4-6,15-22,31-38,49-51,53-56H,1-3,7-14,23-30,39-48H2. The summed E-state index contributed by atoms with van der Waals surface area (Å²) in [6.07, 6.45) is 14.6. The molecule has 8 rings (SSSR count). The lowest BCUT2D eigenvalue weighted by molar-refractivity contribution is -0.152. The summed E-state index contributed by atoms with van der Waals surface area (Å²) in [4.78, 5) is 98.0. The third-order valence-electron chi connectivity index (χ3n) is 16.2. The normalized spacial score (nSPS) is 15.8. The van der Waals surface area contributed by atoms with E-state index in [0.29, 0.717) is 147 Å².